The summed E-state index contributed by atoms with van der Waals surface area (Å²) in [5, 5.41) is 9.63. The van der Waals surface area contributed by atoms with Gasteiger partial charge in [-0.1, -0.05) is 18.2 Å². The van der Waals surface area contributed by atoms with E-state index in [1.807, 2.05) is 30.3 Å². The van der Waals surface area contributed by atoms with Crippen molar-refractivity contribution in [1.29, 1.82) is 5.26 Å². The van der Waals surface area contributed by atoms with Crippen LogP contribution in [0.15, 0.2) is 48.8 Å². The highest BCUT2D eigenvalue weighted by Crippen LogP contribution is 2.24. The van der Waals surface area contributed by atoms with Crippen molar-refractivity contribution in [3.63, 3.8) is 0 Å². The zero-order valence-corrected chi connectivity index (χ0v) is 10.0. The highest BCUT2D eigenvalue weighted by Gasteiger charge is 2.03. The Morgan fingerprint density at radius 1 is 0.947 bits per heavy atom. The maximum Gasteiger partial charge on any atom is 0.116 e. The van der Waals surface area contributed by atoms with Crippen LogP contribution in [0.5, 0.6) is 0 Å². The van der Waals surface area contributed by atoms with Crippen LogP contribution >= 0.6 is 0 Å². The van der Waals surface area contributed by atoms with E-state index in [-0.39, 0.29) is 0 Å². The molecule has 0 unspecified atom stereocenters. The fourth-order valence-corrected chi connectivity index (χ4v) is 1.99. The van der Waals surface area contributed by atoms with Crippen molar-refractivity contribution < 1.29 is 0 Å². The van der Waals surface area contributed by atoms with E-state index in [0.29, 0.717) is 11.3 Å². The SMILES string of the molecule is [CH]c1ncnc2ccc(-c3ccc(C#N)cc3)cc12. The van der Waals surface area contributed by atoms with Gasteiger partial charge < -0.3 is 0 Å². The topological polar surface area (TPSA) is 49.6 Å². The number of nitriles is 1. The molecule has 0 N–H and O–H groups in total. The molecule has 3 aromatic rings. The molecule has 0 saturated carbocycles. The summed E-state index contributed by atoms with van der Waals surface area (Å²) >= 11 is 0. The second kappa shape index (κ2) is 4.51. The minimum absolute atomic E-state index is 0.473. The van der Waals surface area contributed by atoms with Crippen molar-refractivity contribution in [1.82, 2.24) is 9.97 Å². The smallest absolute Gasteiger partial charge is 0.116 e. The van der Waals surface area contributed by atoms with Gasteiger partial charge in [0.2, 0.25) is 0 Å². The third-order valence-electron chi connectivity index (χ3n) is 3.01. The number of aromatic nitrogens is 2. The number of nitrogens with zero attached hydrogens (tertiary/aromatic N) is 3. The zero-order valence-electron chi connectivity index (χ0n) is 10.0. The first-order valence-electron chi connectivity index (χ1n) is 5.79. The van der Waals surface area contributed by atoms with Crippen molar-refractivity contribution in [2.45, 2.75) is 0 Å². The Bertz CT molecular complexity index is 783. The van der Waals surface area contributed by atoms with E-state index < -0.39 is 0 Å². The molecule has 3 rings (SSSR count). The molecule has 0 aliphatic rings. The van der Waals surface area contributed by atoms with E-state index in [4.69, 9.17) is 12.2 Å². The Morgan fingerprint density at radius 3 is 2.42 bits per heavy atom. The highest BCUT2D eigenvalue weighted by atomic mass is 14.8. The van der Waals surface area contributed by atoms with Gasteiger partial charge >= 0.3 is 0 Å². The quantitative estimate of drug-likeness (QED) is 0.659. The van der Waals surface area contributed by atoms with Gasteiger partial charge in [-0.25, -0.2) is 9.97 Å². The van der Waals surface area contributed by atoms with Gasteiger partial charge in [0.05, 0.1) is 22.8 Å². The summed E-state index contributed by atoms with van der Waals surface area (Å²) in [5.41, 5.74) is 4.00. The summed E-state index contributed by atoms with van der Waals surface area (Å²) in [4.78, 5) is 8.16. The minimum Gasteiger partial charge on any atom is -0.240 e. The van der Waals surface area contributed by atoms with Gasteiger partial charge in [-0.2, -0.15) is 5.26 Å². The van der Waals surface area contributed by atoms with Gasteiger partial charge in [0, 0.05) is 12.3 Å². The normalized spacial score (nSPS) is 10.3. The first kappa shape index (κ1) is 11.4. The van der Waals surface area contributed by atoms with Crippen molar-refractivity contribution >= 4 is 10.9 Å². The number of hydrogen-bond donors (Lipinski definition) is 0. The molecule has 0 aliphatic heterocycles. The molecule has 0 fully saturated rings. The van der Waals surface area contributed by atoms with E-state index in [0.717, 1.165) is 22.0 Å². The van der Waals surface area contributed by atoms with Crippen LogP contribution in [0.2, 0.25) is 0 Å². The van der Waals surface area contributed by atoms with Crippen LogP contribution in [0.3, 0.4) is 0 Å². The summed E-state index contributed by atoms with van der Waals surface area (Å²) < 4.78 is 0. The van der Waals surface area contributed by atoms with E-state index in [1.54, 1.807) is 12.1 Å². The monoisotopic (exact) mass is 243 g/mol. The Balaban J connectivity index is 2.14. The molecule has 88 valence electrons. The second-order valence-corrected chi connectivity index (χ2v) is 4.18. The minimum atomic E-state index is 0.473. The van der Waals surface area contributed by atoms with Crippen LogP contribution < -0.4 is 0 Å². The molecular formula is C16H9N3. The second-order valence-electron chi connectivity index (χ2n) is 4.18. The summed E-state index contributed by atoms with van der Waals surface area (Å²) in [6, 6.07) is 15.4. The lowest BCUT2D eigenvalue weighted by atomic mass is 10.0. The molecule has 0 spiro atoms. The third-order valence-corrected chi connectivity index (χ3v) is 3.01. The van der Waals surface area contributed by atoms with Gasteiger partial charge in [0.15, 0.2) is 0 Å². The lowest BCUT2D eigenvalue weighted by Gasteiger charge is -2.05. The molecule has 1 heterocycles. The number of fused-ring (bicyclic) bond motifs is 1. The van der Waals surface area contributed by atoms with Crippen LogP contribution in [0.4, 0.5) is 0 Å². The maximum absolute atomic E-state index is 8.79. The zero-order chi connectivity index (χ0) is 13.2. The van der Waals surface area contributed by atoms with Gasteiger partial charge in [-0.3, -0.25) is 0 Å². The van der Waals surface area contributed by atoms with Crippen LogP contribution in [-0.4, -0.2) is 9.97 Å². The van der Waals surface area contributed by atoms with Crippen LogP contribution in [0.1, 0.15) is 11.3 Å². The molecule has 0 bridgehead atoms. The van der Waals surface area contributed by atoms with Crippen molar-refractivity contribution in [3.8, 4) is 17.2 Å². The van der Waals surface area contributed by atoms with Crippen LogP contribution in [0.25, 0.3) is 22.0 Å². The van der Waals surface area contributed by atoms with Gasteiger partial charge in [0.1, 0.15) is 6.33 Å². The van der Waals surface area contributed by atoms with E-state index in [1.165, 1.54) is 6.33 Å². The number of rotatable bonds is 1. The molecule has 0 amide bonds. The third kappa shape index (κ3) is 2.04. The Kier molecular flexibility index (Phi) is 2.70. The van der Waals surface area contributed by atoms with Crippen molar-refractivity contribution in [3.05, 3.63) is 67.0 Å². The largest absolute Gasteiger partial charge is 0.240 e. The highest BCUT2D eigenvalue weighted by molar-refractivity contribution is 5.86. The molecule has 3 nitrogen and oxygen atoms in total. The van der Waals surface area contributed by atoms with Crippen molar-refractivity contribution in [2.24, 2.45) is 0 Å². The lowest BCUT2D eigenvalue weighted by molar-refractivity contribution is 1.19. The van der Waals surface area contributed by atoms with Crippen LogP contribution in [-0.2, 0) is 0 Å². The first-order valence-corrected chi connectivity index (χ1v) is 5.79. The average molecular weight is 243 g/mol. The Labute approximate surface area is 111 Å². The van der Waals surface area contributed by atoms with Crippen LogP contribution in [0, 0.1) is 18.3 Å². The summed E-state index contributed by atoms with van der Waals surface area (Å²) in [7, 11) is 0. The molecule has 2 radical (unpaired) electrons. The standard InChI is InChI=1S/C16H9N3/c1-11-15-8-14(6-7-16(15)19-10-18-11)13-4-2-12(9-17)3-5-13/h1-8,10H. The Morgan fingerprint density at radius 2 is 1.68 bits per heavy atom. The Hall–Kier alpha value is -2.73. The molecule has 3 heteroatoms. The van der Waals surface area contributed by atoms with Crippen molar-refractivity contribution in [2.75, 3.05) is 0 Å². The molecule has 0 aliphatic carbocycles. The molecule has 0 saturated heterocycles. The lowest BCUT2D eigenvalue weighted by Crippen LogP contribution is -1.88. The number of benzene rings is 2. The molecule has 19 heavy (non-hydrogen) atoms. The van der Waals surface area contributed by atoms with Gasteiger partial charge in [-0.15, -0.1) is 0 Å². The summed E-state index contributed by atoms with van der Waals surface area (Å²) in [6.07, 6.45) is 1.46. The predicted molar refractivity (Wildman–Crippen MR) is 73.1 cm³/mol. The maximum atomic E-state index is 8.79. The predicted octanol–water partition coefficient (Wildman–Crippen LogP) is 3.23. The summed E-state index contributed by atoms with van der Waals surface area (Å²) in [6.45, 7) is 5.85. The number of hydrogen-bond acceptors (Lipinski definition) is 3. The molecule has 1 aromatic heterocycles. The van der Waals surface area contributed by atoms with E-state index in [9.17, 15) is 0 Å². The van der Waals surface area contributed by atoms with E-state index >= 15 is 0 Å². The average Bonchev–Trinajstić information content (AvgIpc) is 2.47. The summed E-state index contributed by atoms with van der Waals surface area (Å²) in [5.74, 6) is 0. The van der Waals surface area contributed by atoms with Gasteiger partial charge in [-0.05, 0) is 35.4 Å². The fraction of sp³-hybridized carbons (Fsp3) is 0. The molecule has 0 atom stereocenters. The van der Waals surface area contributed by atoms with Gasteiger partial charge in [0.25, 0.3) is 0 Å². The first-order chi connectivity index (χ1) is 9.28. The van der Waals surface area contributed by atoms with E-state index in [2.05, 4.69) is 16.0 Å². The molecular weight excluding hydrogens is 234 g/mol. The molecule has 2 aromatic carbocycles. The fourth-order valence-electron chi connectivity index (χ4n) is 1.99.